The number of hydrogen-bond donors (Lipinski definition) is 0. The van der Waals surface area contributed by atoms with Crippen molar-refractivity contribution in [3.63, 3.8) is 0 Å². The van der Waals surface area contributed by atoms with Gasteiger partial charge in [0, 0.05) is 6.42 Å². The lowest BCUT2D eigenvalue weighted by atomic mass is 10.1. The van der Waals surface area contributed by atoms with E-state index >= 15 is 0 Å². The van der Waals surface area contributed by atoms with Crippen molar-refractivity contribution >= 4 is 11.0 Å². The molecular formula is C20H22N6O2. The van der Waals surface area contributed by atoms with Crippen molar-refractivity contribution in [2.24, 2.45) is 5.92 Å². The van der Waals surface area contributed by atoms with Crippen LogP contribution in [0.1, 0.15) is 36.7 Å². The predicted molar refractivity (Wildman–Crippen MR) is 105 cm³/mol. The molecule has 0 bridgehead atoms. The van der Waals surface area contributed by atoms with Gasteiger partial charge in [0.2, 0.25) is 5.89 Å². The second-order valence-electron chi connectivity index (χ2n) is 7.52. The molecule has 0 unspecified atom stereocenters. The minimum Gasteiger partial charge on any atom is -0.337 e. The maximum absolute atomic E-state index is 12.9. The zero-order valence-electron chi connectivity index (χ0n) is 16.4. The van der Waals surface area contributed by atoms with Crippen LogP contribution >= 0.6 is 0 Å². The SMILES string of the molecule is Cc1cc(C)cc(-n2ncc3c(=O)n(Cc4nc(CC(C)C)no4)cnc32)c1. The number of nitrogens with zero attached hydrogens (tertiary/aromatic N) is 6. The van der Waals surface area contributed by atoms with Gasteiger partial charge in [0.25, 0.3) is 5.56 Å². The highest BCUT2D eigenvalue weighted by molar-refractivity contribution is 5.75. The van der Waals surface area contributed by atoms with Gasteiger partial charge < -0.3 is 4.52 Å². The monoisotopic (exact) mass is 378 g/mol. The van der Waals surface area contributed by atoms with Crippen LogP contribution < -0.4 is 5.56 Å². The largest absolute Gasteiger partial charge is 0.337 e. The van der Waals surface area contributed by atoms with Gasteiger partial charge >= 0.3 is 0 Å². The van der Waals surface area contributed by atoms with Crippen molar-refractivity contribution in [2.75, 3.05) is 0 Å². The van der Waals surface area contributed by atoms with Crippen LogP contribution in [-0.2, 0) is 13.0 Å². The third-order valence-corrected chi connectivity index (χ3v) is 4.41. The Balaban J connectivity index is 1.68. The lowest BCUT2D eigenvalue weighted by Gasteiger charge is -2.06. The lowest BCUT2D eigenvalue weighted by molar-refractivity contribution is 0.362. The topological polar surface area (TPSA) is 91.6 Å². The molecule has 0 spiro atoms. The van der Waals surface area contributed by atoms with E-state index in [9.17, 15) is 4.79 Å². The Morgan fingerprint density at radius 3 is 2.61 bits per heavy atom. The van der Waals surface area contributed by atoms with E-state index in [1.165, 1.54) is 10.9 Å². The molecular weight excluding hydrogens is 356 g/mol. The summed E-state index contributed by atoms with van der Waals surface area (Å²) in [6.07, 6.45) is 3.78. The van der Waals surface area contributed by atoms with Crippen LogP contribution in [0.15, 0.2) is 40.0 Å². The van der Waals surface area contributed by atoms with E-state index in [0.717, 1.165) is 23.2 Å². The summed E-state index contributed by atoms with van der Waals surface area (Å²) in [5.74, 6) is 1.47. The summed E-state index contributed by atoms with van der Waals surface area (Å²) in [7, 11) is 0. The van der Waals surface area contributed by atoms with Crippen LogP contribution in [0.4, 0.5) is 0 Å². The minimum atomic E-state index is -0.191. The number of fused-ring (bicyclic) bond motifs is 1. The molecule has 3 aromatic heterocycles. The van der Waals surface area contributed by atoms with Gasteiger partial charge in [-0.2, -0.15) is 10.1 Å². The molecule has 4 aromatic rings. The van der Waals surface area contributed by atoms with E-state index in [1.807, 2.05) is 26.0 Å². The van der Waals surface area contributed by atoms with Gasteiger partial charge in [-0.05, 0) is 43.0 Å². The van der Waals surface area contributed by atoms with E-state index < -0.39 is 0 Å². The van der Waals surface area contributed by atoms with E-state index in [-0.39, 0.29) is 12.1 Å². The third kappa shape index (κ3) is 3.45. The third-order valence-electron chi connectivity index (χ3n) is 4.41. The zero-order chi connectivity index (χ0) is 19.8. The summed E-state index contributed by atoms with van der Waals surface area (Å²) in [4.78, 5) is 21.7. The lowest BCUT2D eigenvalue weighted by Crippen LogP contribution is -2.21. The molecule has 0 radical (unpaired) electrons. The Kier molecular flexibility index (Phi) is 4.54. The standard InChI is InChI=1S/C20H22N6O2/c1-12(2)5-17-23-18(28-24-17)10-25-11-21-19-16(20(25)27)9-22-26(19)15-7-13(3)6-14(4)8-15/h6-9,11-12H,5,10H2,1-4H3. The molecule has 0 saturated heterocycles. The molecule has 144 valence electrons. The molecule has 1 aromatic carbocycles. The Morgan fingerprint density at radius 1 is 1.14 bits per heavy atom. The molecule has 0 atom stereocenters. The Labute approximate surface area is 161 Å². The molecule has 0 saturated carbocycles. The van der Waals surface area contributed by atoms with Crippen LogP contribution in [0.2, 0.25) is 0 Å². The fourth-order valence-corrected chi connectivity index (χ4v) is 3.27. The first-order chi connectivity index (χ1) is 13.4. The molecule has 28 heavy (non-hydrogen) atoms. The van der Waals surface area contributed by atoms with Crippen LogP contribution in [0, 0.1) is 19.8 Å². The van der Waals surface area contributed by atoms with Crippen LogP contribution in [0.5, 0.6) is 0 Å². The highest BCUT2D eigenvalue weighted by Gasteiger charge is 2.14. The zero-order valence-corrected chi connectivity index (χ0v) is 16.4. The average Bonchev–Trinajstić information content (AvgIpc) is 3.23. The normalized spacial score (nSPS) is 11.6. The van der Waals surface area contributed by atoms with Crippen molar-refractivity contribution in [2.45, 2.75) is 40.7 Å². The molecule has 0 fully saturated rings. The average molecular weight is 378 g/mol. The van der Waals surface area contributed by atoms with Crippen molar-refractivity contribution in [3.05, 3.63) is 63.9 Å². The summed E-state index contributed by atoms with van der Waals surface area (Å²) in [5, 5.41) is 8.80. The number of benzene rings is 1. The number of aromatic nitrogens is 6. The second kappa shape index (κ2) is 7.03. The van der Waals surface area contributed by atoms with Gasteiger partial charge in [0.1, 0.15) is 18.3 Å². The molecule has 4 rings (SSSR count). The van der Waals surface area contributed by atoms with Crippen molar-refractivity contribution in [1.82, 2.24) is 29.5 Å². The molecule has 0 amide bonds. The van der Waals surface area contributed by atoms with Crippen molar-refractivity contribution < 1.29 is 4.52 Å². The van der Waals surface area contributed by atoms with E-state index in [2.05, 4.69) is 40.1 Å². The van der Waals surface area contributed by atoms with Gasteiger partial charge in [0.05, 0.1) is 11.9 Å². The van der Waals surface area contributed by atoms with Crippen LogP contribution in [-0.4, -0.2) is 29.5 Å². The summed E-state index contributed by atoms with van der Waals surface area (Å²) in [6, 6.07) is 6.12. The Morgan fingerprint density at radius 2 is 1.89 bits per heavy atom. The maximum Gasteiger partial charge on any atom is 0.264 e. The highest BCUT2D eigenvalue weighted by Crippen LogP contribution is 2.17. The van der Waals surface area contributed by atoms with E-state index in [4.69, 9.17) is 4.52 Å². The van der Waals surface area contributed by atoms with Crippen LogP contribution in [0.25, 0.3) is 16.7 Å². The fourth-order valence-electron chi connectivity index (χ4n) is 3.27. The summed E-state index contributed by atoms with van der Waals surface area (Å²) in [6.45, 7) is 8.42. The van der Waals surface area contributed by atoms with E-state index in [0.29, 0.717) is 28.7 Å². The molecule has 8 nitrogen and oxygen atoms in total. The summed E-state index contributed by atoms with van der Waals surface area (Å²) in [5.41, 5.74) is 3.47. The smallest absolute Gasteiger partial charge is 0.264 e. The van der Waals surface area contributed by atoms with Crippen molar-refractivity contribution in [1.29, 1.82) is 0 Å². The molecule has 0 aliphatic rings. The van der Waals surface area contributed by atoms with E-state index in [1.54, 1.807) is 10.9 Å². The van der Waals surface area contributed by atoms with Gasteiger partial charge in [-0.1, -0.05) is 25.1 Å². The minimum absolute atomic E-state index is 0.182. The van der Waals surface area contributed by atoms with Crippen molar-refractivity contribution in [3.8, 4) is 5.69 Å². The predicted octanol–water partition coefficient (Wildman–Crippen LogP) is 2.83. The number of hydrogen-bond acceptors (Lipinski definition) is 6. The van der Waals surface area contributed by atoms with Gasteiger partial charge in [-0.3, -0.25) is 9.36 Å². The van der Waals surface area contributed by atoms with Gasteiger partial charge in [-0.25, -0.2) is 9.67 Å². The molecule has 8 heteroatoms. The number of aryl methyl sites for hydroxylation is 2. The summed E-state index contributed by atoms with van der Waals surface area (Å²) < 4.78 is 8.42. The Hall–Kier alpha value is -3.29. The highest BCUT2D eigenvalue weighted by atomic mass is 16.5. The first-order valence-electron chi connectivity index (χ1n) is 9.24. The molecule has 0 aliphatic carbocycles. The molecule has 0 N–H and O–H groups in total. The first-order valence-corrected chi connectivity index (χ1v) is 9.24. The Bertz CT molecular complexity index is 1180. The maximum atomic E-state index is 12.9. The second-order valence-corrected chi connectivity index (χ2v) is 7.52. The van der Waals surface area contributed by atoms with Crippen LogP contribution in [0.3, 0.4) is 0 Å². The molecule has 0 aliphatic heterocycles. The molecule has 3 heterocycles. The van der Waals surface area contributed by atoms with Gasteiger partial charge in [0.15, 0.2) is 11.5 Å². The number of rotatable bonds is 5. The fraction of sp³-hybridized carbons (Fsp3) is 0.350. The quantitative estimate of drug-likeness (QED) is 0.530. The first kappa shape index (κ1) is 18.1. The summed E-state index contributed by atoms with van der Waals surface area (Å²) >= 11 is 0. The van der Waals surface area contributed by atoms with Gasteiger partial charge in [-0.15, -0.1) is 0 Å².